The van der Waals surface area contributed by atoms with Crippen molar-refractivity contribution in [1.29, 1.82) is 0 Å². The summed E-state index contributed by atoms with van der Waals surface area (Å²) in [6, 6.07) is 4.45. The number of hydrogen-bond donors (Lipinski definition) is 2. The van der Waals surface area contributed by atoms with E-state index >= 15 is 0 Å². The number of nitrogens with two attached hydrogens (primary N) is 1. The van der Waals surface area contributed by atoms with Crippen molar-refractivity contribution in [3.63, 3.8) is 0 Å². The molecule has 0 saturated carbocycles. The molecule has 0 heterocycles. The Labute approximate surface area is 122 Å². The summed E-state index contributed by atoms with van der Waals surface area (Å²) in [5.41, 5.74) is 5.88. The molecule has 21 heavy (non-hydrogen) atoms. The second-order valence-electron chi connectivity index (χ2n) is 4.41. The van der Waals surface area contributed by atoms with Crippen LogP contribution in [0.5, 0.6) is 0 Å². The summed E-state index contributed by atoms with van der Waals surface area (Å²) in [6.07, 6.45) is 0.0749. The molecule has 8 heteroatoms. The molecule has 116 valence electrons. The summed E-state index contributed by atoms with van der Waals surface area (Å²) in [7, 11) is -4.32. The van der Waals surface area contributed by atoms with Crippen molar-refractivity contribution in [2.75, 3.05) is 6.61 Å². The van der Waals surface area contributed by atoms with Crippen LogP contribution in [-0.2, 0) is 30.9 Å². The fourth-order valence-electron chi connectivity index (χ4n) is 1.57. The maximum atomic E-state index is 11.6. The van der Waals surface area contributed by atoms with E-state index in [1.54, 1.807) is 6.92 Å². The highest BCUT2D eigenvalue weighted by atomic mass is 32.2. The zero-order valence-corrected chi connectivity index (χ0v) is 12.3. The predicted octanol–water partition coefficient (Wildman–Crippen LogP) is 0.325. The Morgan fingerprint density at radius 1 is 1.38 bits per heavy atom. The molecule has 0 radical (unpaired) electrons. The molecular weight excluding hydrogens is 298 g/mol. The van der Waals surface area contributed by atoms with Crippen LogP contribution in [0.1, 0.15) is 18.9 Å². The van der Waals surface area contributed by atoms with E-state index in [0.717, 1.165) is 0 Å². The minimum Gasteiger partial charge on any atom is -0.463 e. The van der Waals surface area contributed by atoms with Gasteiger partial charge < -0.3 is 10.5 Å². The first-order chi connectivity index (χ1) is 9.74. The van der Waals surface area contributed by atoms with Gasteiger partial charge in [-0.25, -0.2) is 0 Å². The molecule has 0 aliphatic rings. The fourth-order valence-corrected chi connectivity index (χ4v) is 2.12. The molecule has 0 saturated heterocycles. The standard InChI is InChI=1S/C13H17NO6S/c1-2-12(15)11(14)8-20-13(16)7-9-4-3-5-10(6-9)21(17,18)19/h3-6,11H,2,7-8,14H2,1H3,(H,17,18,19)/t11-/m0/s1. The second kappa shape index (κ2) is 7.30. The van der Waals surface area contributed by atoms with Gasteiger partial charge in [-0.15, -0.1) is 0 Å². The van der Waals surface area contributed by atoms with Crippen LogP contribution in [0.2, 0.25) is 0 Å². The lowest BCUT2D eigenvalue weighted by Gasteiger charge is -2.10. The number of carbonyl (C=O) groups excluding carboxylic acids is 2. The van der Waals surface area contributed by atoms with Crippen LogP contribution >= 0.6 is 0 Å². The van der Waals surface area contributed by atoms with Gasteiger partial charge in [-0.3, -0.25) is 14.1 Å². The maximum Gasteiger partial charge on any atom is 0.310 e. The zero-order chi connectivity index (χ0) is 16.0. The van der Waals surface area contributed by atoms with E-state index < -0.39 is 22.1 Å². The first-order valence-electron chi connectivity index (χ1n) is 6.24. The van der Waals surface area contributed by atoms with Crippen molar-refractivity contribution < 1.29 is 27.3 Å². The number of carbonyl (C=O) groups is 2. The van der Waals surface area contributed by atoms with Gasteiger partial charge in [-0.05, 0) is 17.7 Å². The fraction of sp³-hybridized carbons (Fsp3) is 0.385. The number of ether oxygens (including phenoxy) is 1. The Balaban J connectivity index is 2.62. The van der Waals surface area contributed by atoms with E-state index in [4.69, 9.17) is 15.0 Å². The average molecular weight is 315 g/mol. The number of esters is 1. The molecule has 0 aromatic heterocycles. The zero-order valence-electron chi connectivity index (χ0n) is 11.5. The van der Waals surface area contributed by atoms with Gasteiger partial charge in [-0.2, -0.15) is 8.42 Å². The van der Waals surface area contributed by atoms with E-state index in [1.165, 1.54) is 24.3 Å². The van der Waals surface area contributed by atoms with Crippen LogP contribution in [0.3, 0.4) is 0 Å². The highest BCUT2D eigenvalue weighted by Gasteiger charge is 2.15. The summed E-state index contributed by atoms with van der Waals surface area (Å²) >= 11 is 0. The summed E-state index contributed by atoms with van der Waals surface area (Å²) in [5, 5.41) is 0. The molecule has 0 aliphatic carbocycles. The molecule has 1 atom stereocenters. The highest BCUT2D eigenvalue weighted by Crippen LogP contribution is 2.12. The first-order valence-corrected chi connectivity index (χ1v) is 7.68. The third-order valence-corrected chi connectivity index (χ3v) is 3.58. The third kappa shape index (κ3) is 5.62. The molecule has 1 aromatic carbocycles. The normalized spacial score (nSPS) is 12.7. The summed E-state index contributed by atoms with van der Waals surface area (Å²) in [5.74, 6) is -0.849. The lowest BCUT2D eigenvalue weighted by Crippen LogP contribution is -2.35. The quantitative estimate of drug-likeness (QED) is 0.548. The van der Waals surface area contributed by atoms with Gasteiger partial charge in [0.2, 0.25) is 0 Å². The van der Waals surface area contributed by atoms with Crippen LogP contribution in [0, 0.1) is 0 Å². The largest absolute Gasteiger partial charge is 0.463 e. The Kier molecular flexibility index (Phi) is 6.01. The van der Waals surface area contributed by atoms with Gasteiger partial charge in [0.05, 0.1) is 17.4 Å². The molecule has 7 nitrogen and oxygen atoms in total. The van der Waals surface area contributed by atoms with Gasteiger partial charge in [0.1, 0.15) is 6.61 Å². The van der Waals surface area contributed by atoms with Gasteiger partial charge in [0.15, 0.2) is 5.78 Å². The first kappa shape index (κ1) is 17.3. The van der Waals surface area contributed by atoms with Crippen molar-refractivity contribution >= 4 is 21.9 Å². The van der Waals surface area contributed by atoms with Gasteiger partial charge in [0, 0.05) is 6.42 Å². The lowest BCUT2D eigenvalue weighted by atomic mass is 10.1. The lowest BCUT2D eigenvalue weighted by molar-refractivity contribution is -0.144. The van der Waals surface area contributed by atoms with Crippen molar-refractivity contribution in [2.24, 2.45) is 5.73 Å². The number of benzene rings is 1. The minimum absolute atomic E-state index is 0.184. The molecule has 0 spiro atoms. The molecule has 0 fully saturated rings. The SMILES string of the molecule is CCC(=O)[C@@H](N)COC(=O)Cc1cccc(S(=O)(=O)O)c1. The maximum absolute atomic E-state index is 11.6. The molecule has 0 amide bonds. The van der Waals surface area contributed by atoms with Crippen LogP contribution in [0.15, 0.2) is 29.2 Å². The third-order valence-electron chi connectivity index (χ3n) is 2.73. The average Bonchev–Trinajstić information content (AvgIpc) is 2.43. The second-order valence-corrected chi connectivity index (χ2v) is 5.83. The molecule has 0 bridgehead atoms. The Bertz CT molecular complexity index is 625. The van der Waals surface area contributed by atoms with Crippen LogP contribution in [0.4, 0.5) is 0 Å². The Morgan fingerprint density at radius 3 is 2.62 bits per heavy atom. The van der Waals surface area contributed by atoms with Crippen molar-refractivity contribution in [1.82, 2.24) is 0 Å². The summed E-state index contributed by atoms with van der Waals surface area (Å²) in [4.78, 5) is 22.5. The van der Waals surface area contributed by atoms with E-state index in [2.05, 4.69) is 0 Å². The van der Waals surface area contributed by atoms with Crippen molar-refractivity contribution in [2.45, 2.75) is 30.7 Å². The highest BCUT2D eigenvalue weighted by molar-refractivity contribution is 7.85. The molecular formula is C13H17NO6S. The molecule has 1 aromatic rings. The smallest absolute Gasteiger partial charge is 0.310 e. The van der Waals surface area contributed by atoms with E-state index in [1.807, 2.05) is 0 Å². The number of ketones is 1. The number of Topliss-reactive ketones (excluding diaryl/α,β-unsaturated/α-hetero) is 1. The Morgan fingerprint density at radius 2 is 2.05 bits per heavy atom. The van der Waals surface area contributed by atoms with Crippen LogP contribution < -0.4 is 5.73 Å². The Hall–Kier alpha value is -1.77. The number of rotatable bonds is 7. The molecule has 3 N–H and O–H groups in total. The van der Waals surface area contributed by atoms with E-state index in [9.17, 15) is 18.0 Å². The number of hydrogen-bond acceptors (Lipinski definition) is 6. The van der Waals surface area contributed by atoms with Gasteiger partial charge >= 0.3 is 5.97 Å². The summed E-state index contributed by atoms with van der Waals surface area (Å²) in [6.45, 7) is 1.44. The van der Waals surface area contributed by atoms with Crippen molar-refractivity contribution in [3.8, 4) is 0 Å². The molecule has 1 rings (SSSR count). The minimum atomic E-state index is -4.32. The monoisotopic (exact) mass is 315 g/mol. The topological polar surface area (TPSA) is 124 Å². The predicted molar refractivity (Wildman–Crippen MR) is 74.2 cm³/mol. The van der Waals surface area contributed by atoms with Gasteiger partial charge in [0.25, 0.3) is 10.1 Å². The van der Waals surface area contributed by atoms with Crippen LogP contribution in [-0.4, -0.2) is 37.4 Å². The van der Waals surface area contributed by atoms with Crippen molar-refractivity contribution in [3.05, 3.63) is 29.8 Å². The molecule has 0 aliphatic heterocycles. The van der Waals surface area contributed by atoms with Gasteiger partial charge in [-0.1, -0.05) is 19.1 Å². The summed E-state index contributed by atoms with van der Waals surface area (Å²) < 4.78 is 35.7. The van der Waals surface area contributed by atoms with E-state index in [-0.39, 0.29) is 30.1 Å². The molecule has 0 unspecified atom stereocenters. The van der Waals surface area contributed by atoms with E-state index in [0.29, 0.717) is 5.56 Å². The van der Waals surface area contributed by atoms with Crippen LogP contribution in [0.25, 0.3) is 0 Å².